The molecular weight excluding hydrogens is 170 g/mol. The van der Waals surface area contributed by atoms with Crippen molar-refractivity contribution in [3.63, 3.8) is 0 Å². The maximum atomic E-state index is 3.58. The molecule has 0 radical (unpaired) electrons. The van der Waals surface area contributed by atoms with E-state index >= 15 is 0 Å². The summed E-state index contributed by atoms with van der Waals surface area (Å²) in [5.41, 5.74) is 4.40. The van der Waals surface area contributed by atoms with Crippen LogP contribution in [-0.2, 0) is 12.8 Å². The molecule has 0 saturated carbocycles. The van der Waals surface area contributed by atoms with Gasteiger partial charge in [0.15, 0.2) is 0 Å². The topological polar surface area (TPSA) is 12.0 Å². The molecule has 0 aromatic heterocycles. The first kappa shape index (κ1) is 9.57. The number of benzene rings is 1. The normalized spacial score (nSPS) is 20.0. The molecule has 14 heavy (non-hydrogen) atoms. The van der Waals surface area contributed by atoms with Crippen LogP contribution in [0.1, 0.15) is 31.4 Å². The maximum absolute atomic E-state index is 3.58. The highest BCUT2D eigenvalue weighted by Crippen LogP contribution is 2.29. The van der Waals surface area contributed by atoms with Crippen molar-refractivity contribution in [3.8, 4) is 0 Å². The van der Waals surface area contributed by atoms with Gasteiger partial charge in [-0.05, 0) is 29.9 Å². The Morgan fingerprint density at radius 2 is 2.21 bits per heavy atom. The Morgan fingerprint density at radius 1 is 1.36 bits per heavy atom. The molecule has 0 spiro atoms. The number of aryl methyl sites for hydroxylation is 1. The van der Waals surface area contributed by atoms with Crippen molar-refractivity contribution in [1.82, 2.24) is 0 Å². The maximum Gasteiger partial charge on any atom is 0.0405 e. The van der Waals surface area contributed by atoms with Crippen LogP contribution in [0.2, 0.25) is 0 Å². The lowest BCUT2D eigenvalue weighted by Gasteiger charge is -2.27. The van der Waals surface area contributed by atoms with Crippen LogP contribution < -0.4 is 5.32 Å². The lowest BCUT2D eigenvalue weighted by molar-refractivity contribution is 0.520. The Kier molecular flexibility index (Phi) is 2.76. The van der Waals surface area contributed by atoms with Gasteiger partial charge in [0.05, 0.1) is 0 Å². The summed E-state index contributed by atoms with van der Waals surface area (Å²) in [5, 5.41) is 3.58. The van der Waals surface area contributed by atoms with E-state index < -0.39 is 0 Å². The molecule has 2 rings (SSSR count). The highest BCUT2D eigenvalue weighted by atomic mass is 14.9. The average Bonchev–Trinajstić information content (AvgIpc) is 2.27. The number of hydrogen-bond donors (Lipinski definition) is 1. The van der Waals surface area contributed by atoms with Crippen molar-refractivity contribution >= 4 is 5.69 Å². The minimum Gasteiger partial charge on any atom is -0.384 e. The van der Waals surface area contributed by atoms with Gasteiger partial charge in [0.25, 0.3) is 0 Å². The van der Waals surface area contributed by atoms with Gasteiger partial charge in [0.2, 0.25) is 0 Å². The standard InChI is InChI=1S/C13H19N/c1-3-10-8-12-7-5-6-11(4-2)13(12)14-9-10/h5-7,10,14H,3-4,8-9H2,1-2H3. The first-order valence-corrected chi connectivity index (χ1v) is 5.69. The minimum absolute atomic E-state index is 0.828. The quantitative estimate of drug-likeness (QED) is 0.753. The van der Waals surface area contributed by atoms with Crippen LogP contribution in [0.4, 0.5) is 5.69 Å². The van der Waals surface area contributed by atoms with E-state index in [4.69, 9.17) is 0 Å². The van der Waals surface area contributed by atoms with Gasteiger partial charge < -0.3 is 5.32 Å². The minimum atomic E-state index is 0.828. The highest BCUT2D eigenvalue weighted by Gasteiger charge is 2.17. The zero-order valence-electron chi connectivity index (χ0n) is 9.14. The van der Waals surface area contributed by atoms with Crippen LogP contribution in [0.15, 0.2) is 18.2 Å². The first-order chi connectivity index (χ1) is 6.85. The summed E-state index contributed by atoms with van der Waals surface area (Å²) in [6.07, 6.45) is 3.67. The molecule has 1 aliphatic rings. The summed E-state index contributed by atoms with van der Waals surface area (Å²) >= 11 is 0. The molecular formula is C13H19N. The monoisotopic (exact) mass is 189 g/mol. The molecule has 0 amide bonds. The third kappa shape index (κ3) is 1.63. The van der Waals surface area contributed by atoms with Crippen LogP contribution in [0, 0.1) is 5.92 Å². The molecule has 0 saturated heterocycles. The lowest BCUT2D eigenvalue weighted by Crippen LogP contribution is -2.23. The number of hydrogen-bond acceptors (Lipinski definition) is 1. The van der Waals surface area contributed by atoms with Gasteiger partial charge in [0, 0.05) is 12.2 Å². The van der Waals surface area contributed by atoms with Crippen molar-refractivity contribution in [1.29, 1.82) is 0 Å². The third-order valence-corrected chi connectivity index (χ3v) is 3.27. The van der Waals surface area contributed by atoms with E-state index in [2.05, 4.69) is 37.4 Å². The number of nitrogens with one attached hydrogen (secondary N) is 1. The molecule has 1 aliphatic heterocycles. The van der Waals surface area contributed by atoms with Crippen molar-refractivity contribution in [2.45, 2.75) is 33.1 Å². The zero-order chi connectivity index (χ0) is 9.97. The summed E-state index contributed by atoms with van der Waals surface area (Å²) in [6, 6.07) is 6.69. The van der Waals surface area contributed by atoms with Crippen molar-refractivity contribution < 1.29 is 0 Å². The Bertz CT molecular complexity index is 317. The zero-order valence-corrected chi connectivity index (χ0v) is 9.14. The lowest BCUT2D eigenvalue weighted by atomic mass is 9.90. The van der Waals surface area contributed by atoms with E-state index in [1.165, 1.54) is 29.7 Å². The molecule has 1 aromatic carbocycles. The fourth-order valence-electron chi connectivity index (χ4n) is 2.26. The Labute approximate surface area is 86.5 Å². The molecule has 76 valence electrons. The van der Waals surface area contributed by atoms with Gasteiger partial charge in [-0.3, -0.25) is 0 Å². The fourth-order valence-corrected chi connectivity index (χ4v) is 2.26. The van der Waals surface area contributed by atoms with Crippen molar-refractivity contribution in [3.05, 3.63) is 29.3 Å². The Balaban J connectivity index is 2.30. The molecule has 1 aromatic rings. The van der Waals surface area contributed by atoms with E-state index in [0.29, 0.717) is 0 Å². The second-order valence-corrected chi connectivity index (χ2v) is 4.16. The summed E-state index contributed by atoms with van der Waals surface area (Å²) in [6.45, 7) is 5.66. The number of anilines is 1. The molecule has 1 unspecified atom stereocenters. The molecule has 0 aliphatic carbocycles. The summed E-state index contributed by atoms with van der Waals surface area (Å²) < 4.78 is 0. The van der Waals surface area contributed by atoms with Crippen LogP contribution in [0.25, 0.3) is 0 Å². The van der Waals surface area contributed by atoms with Gasteiger partial charge in [-0.1, -0.05) is 38.5 Å². The van der Waals surface area contributed by atoms with E-state index in [1.807, 2.05) is 0 Å². The van der Waals surface area contributed by atoms with Gasteiger partial charge in [-0.2, -0.15) is 0 Å². The van der Waals surface area contributed by atoms with Crippen LogP contribution >= 0.6 is 0 Å². The van der Waals surface area contributed by atoms with Gasteiger partial charge in [-0.25, -0.2) is 0 Å². The van der Waals surface area contributed by atoms with Crippen LogP contribution in [0.5, 0.6) is 0 Å². The number of para-hydroxylation sites is 1. The number of fused-ring (bicyclic) bond motifs is 1. The van der Waals surface area contributed by atoms with Crippen molar-refractivity contribution in [2.75, 3.05) is 11.9 Å². The van der Waals surface area contributed by atoms with Gasteiger partial charge >= 0.3 is 0 Å². The molecule has 0 bridgehead atoms. The SMILES string of the molecule is CCc1cccc2c1NCC(CC)C2. The number of rotatable bonds is 2. The Hall–Kier alpha value is -0.980. The van der Waals surface area contributed by atoms with E-state index in [1.54, 1.807) is 0 Å². The molecule has 1 heterocycles. The molecule has 1 atom stereocenters. The van der Waals surface area contributed by atoms with Gasteiger partial charge in [-0.15, -0.1) is 0 Å². The predicted octanol–water partition coefficient (Wildman–Crippen LogP) is 3.24. The third-order valence-electron chi connectivity index (χ3n) is 3.27. The van der Waals surface area contributed by atoms with Crippen LogP contribution in [-0.4, -0.2) is 6.54 Å². The van der Waals surface area contributed by atoms with Crippen LogP contribution in [0.3, 0.4) is 0 Å². The molecule has 0 fully saturated rings. The smallest absolute Gasteiger partial charge is 0.0405 e. The fraction of sp³-hybridized carbons (Fsp3) is 0.538. The Morgan fingerprint density at radius 3 is 2.93 bits per heavy atom. The molecule has 1 N–H and O–H groups in total. The van der Waals surface area contributed by atoms with E-state index in [-0.39, 0.29) is 0 Å². The van der Waals surface area contributed by atoms with Gasteiger partial charge in [0.1, 0.15) is 0 Å². The molecule has 1 nitrogen and oxygen atoms in total. The highest BCUT2D eigenvalue weighted by molar-refractivity contribution is 5.59. The second kappa shape index (κ2) is 4.04. The van der Waals surface area contributed by atoms with Crippen molar-refractivity contribution in [2.24, 2.45) is 5.92 Å². The first-order valence-electron chi connectivity index (χ1n) is 5.69. The second-order valence-electron chi connectivity index (χ2n) is 4.16. The predicted molar refractivity (Wildman–Crippen MR) is 61.8 cm³/mol. The summed E-state index contributed by atoms with van der Waals surface area (Å²) in [5.74, 6) is 0.828. The largest absolute Gasteiger partial charge is 0.384 e. The summed E-state index contributed by atoms with van der Waals surface area (Å²) in [4.78, 5) is 0. The average molecular weight is 189 g/mol. The van der Waals surface area contributed by atoms with E-state index in [9.17, 15) is 0 Å². The summed E-state index contributed by atoms with van der Waals surface area (Å²) in [7, 11) is 0. The molecule has 1 heteroatoms. The van der Waals surface area contributed by atoms with E-state index in [0.717, 1.165) is 18.9 Å².